The van der Waals surface area contributed by atoms with Crippen molar-refractivity contribution in [2.75, 3.05) is 50.4 Å². The van der Waals surface area contributed by atoms with Gasteiger partial charge >= 0.3 is 0 Å². The topological polar surface area (TPSA) is 85.1 Å². The highest BCUT2D eigenvalue weighted by Gasteiger charge is 2.32. The van der Waals surface area contributed by atoms with Crippen molar-refractivity contribution in [1.29, 1.82) is 0 Å². The van der Waals surface area contributed by atoms with Crippen LogP contribution in [0.1, 0.15) is 11.3 Å². The van der Waals surface area contributed by atoms with Crippen LogP contribution in [0.4, 0.5) is 11.6 Å². The maximum atomic E-state index is 13.8. The summed E-state index contributed by atoms with van der Waals surface area (Å²) in [5.41, 5.74) is 3.66. The van der Waals surface area contributed by atoms with Crippen LogP contribution in [0.15, 0.2) is 57.9 Å². The van der Waals surface area contributed by atoms with Gasteiger partial charge in [-0.25, -0.2) is 12.7 Å². The molecule has 0 spiro atoms. The second-order valence-corrected chi connectivity index (χ2v) is 9.35. The van der Waals surface area contributed by atoms with Gasteiger partial charge in [-0.05, 0) is 37.6 Å². The highest BCUT2D eigenvalue weighted by atomic mass is 32.2. The van der Waals surface area contributed by atoms with Gasteiger partial charge in [0.1, 0.15) is 6.73 Å². The molecule has 32 heavy (non-hydrogen) atoms. The van der Waals surface area contributed by atoms with E-state index < -0.39 is 10.0 Å². The molecule has 0 aliphatic rings. The molecule has 0 fully saturated rings. The molecule has 1 heterocycles. The molecule has 2 aromatic carbocycles. The lowest BCUT2D eigenvalue weighted by atomic mass is 10.1. The minimum atomic E-state index is -4.03. The predicted molar refractivity (Wildman–Crippen MR) is 125 cm³/mol. The third kappa shape index (κ3) is 4.95. The van der Waals surface area contributed by atoms with Gasteiger partial charge in [0, 0.05) is 38.0 Å². The molecule has 9 heteroatoms. The predicted octanol–water partition coefficient (Wildman–Crippen LogP) is 3.84. The number of ether oxygens (including phenoxy) is 2. The van der Waals surface area contributed by atoms with Crippen molar-refractivity contribution < 1.29 is 22.4 Å². The average Bonchev–Trinajstić information content (AvgIpc) is 3.11. The Kier molecular flexibility index (Phi) is 7.55. The maximum absolute atomic E-state index is 13.8. The second kappa shape index (κ2) is 10.2. The molecule has 0 amide bonds. The summed E-state index contributed by atoms with van der Waals surface area (Å²) in [5.74, 6) is 0.137. The zero-order valence-electron chi connectivity index (χ0n) is 19.0. The Bertz CT molecular complexity index is 1140. The third-order valence-electron chi connectivity index (χ3n) is 5.15. The number of methoxy groups -OCH3 is 1. The van der Waals surface area contributed by atoms with Crippen LogP contribution in [0, 0.1) is 13.8 Å². The van der Waals surface area contributed by atoms with Crippen molar-refractivity contribution in [3.8, 4) is 11.1 Å². The van der Waals surface area contributed by atoms with Gasteiger partial charge in [-0.15, -0.1) is 0 Å². The van der Waals surface area contributed by atoms with Crippen molar-refractivity contribution in [3.63, 3.8) is 0 Å². The molecule has 3 rings (SSSR count). The van der Waals surface area contributed by atoms with Crippen LogP contribution in [-0.4, -0.2) is 54.7 Å². The van der Waals surface area contributed by atoms with Crippen LogP contribution in [0.3, 0.4) is 0 Å². The van der Waals surface area contributed by atoms with Gasteiger partial charge in [0.25, 0.3) is 10.0 Å². The number of hydrogen-bond donors (Lipinski definition) is 0. The molecule has 3 aromatic rings. The van der Waals surface area contributed by atoms with Gasteiger partial charge in [0.05, 0.1) is 23.8 Å². The first-order chi connectivity index (χ1) is 15.3. The standard InChI is InChI=1S/C23H29N3O5S/c1-17-18(2)24-31-23(17)26(16-30-15-14-29-5)32(27,28)22-9-7-6-8-21(22)19-10-12-20(13-11-19)25(3)4/h6-13H,14-16H2,1-5H3. The lowest BCUT2D eigenvalue weighted by Gasteiger charge is -2.23. The Balaban J connectivity index is 2.06. The van der Waals surface area contributed by atoms with Gasteiger partial charge in [0.2, 0.25) is 5.88 Å². The molecule has 0 aliphatic carbocycles. The van der Waals surface area contributed by atoms with E-state index in [4.69, 9.17) is 14.0 Å². The first-order valence-electron chi connectivity index (χ1n) is 10.2. The van der Waals surface area contributed by atoms with E-state index in [-0.39, 0.29) is 24.1 Å². The summed E-state index contributed by atoms with van der Waals surface area (Å²) in [4.78, 5) is 2.14. The van der Waals surface area contributed by atoms with Gasteiger partial charge in [-0.1, -0.05) is 35.5 Å². The summed E-state index contributed by atoms with van der Waals surface area (Å²) >= 11 is 0. The number of anilines is 2. The Morgan fingerprint density at radius 2 is 1.69 bits per heavy atom. The van der Waals surface area contributed by atoms with Crippen molar-refractivity contribution in [2.24, 2.45) is 0 Å². The van der Waals surface area contributed by atoms with Crippen molar-refractivity contribution in [1.82, 2.24) is 5.16 Å². The van der Waals surface area contributed by atoms with Crippen LogP contribution < -0.4 is 9.21 Å². The molecule has 0 atom stereocenters. The summed E-state index contributed by atoms with van der Waals surface area (Å²) < 4.78 is 44.8. The fourth-order valence-corrected chi connectivity index (χ4v) is 4.70. The summed E-state index contributed by atoms with van der Waals surface area (Å²) in [5, 5.41) is 3.93. The monoisotopic (exact) mass is 459 g/mol. The van der Waals surface area contributed by atoms with Crippen molar-refractivity contribution in [3.05, 3.63) is 59.8 Å². The lowest BCUT2D eigenvalue weighted by Crippen LogP contribution is -2.34. The van der Waals surface area contributed by atoms with E-state index in [0.717, 1.165) is 15.6 Å². The number of aromatic nitrogens is 1. The Labute approximate surface area is 189 Å². The normalized spacial score (nSPS) is 11.5. The highest BCUT2D eigenvalue weighted by Crippen LogP contribution is 2.34. The number of hydrogen-bond acceptors (Lipinski definition) is 7. The van der Waals surface area contributed by atoms with Crippen LogP contribution in [0.5, 0.6) is 0 Å². The van der Waals surface area contributed by atoms with Gasteiger partial charge in [-0.2, -0.15) is 0 Å². The Hall–Kier alpha value is -2.88. The summed E-state index contributed by atoms with van der Waals surface area (Å²) in [6.45, 7) is 3.89. The fraction of sp³-hybridized carbons (Fsp3) is 0.348. The first-order valence-corrected chi connectivity index (χ1v) is 11.6. The zero-order chi connectivity index (χ0) is 23.3. The quantitative estimate of drug-likeness (QED) is 0.336. The Morgan fingerprint density at radius 1 is 1.00 bits per heavy atom. The maximum Gasteiger partial charge on any atom is 0.269 e. The van der Waals surface area contributed by atoms with E-state index in [0.29, 0.717) is 23.4 Å². The lowest BCUT2D eigenvalue weighted by molar-refractivity contribution is 0.0744. The molecule has 0 radical (unpaired) electrons. The first kappa shape index (κ1) is 23.8. The molecule has 0 N–H and O–H groups in total. The summed E-state index contributed by atoms with van der Waals surface area (Å²) in [6.07, 6.45) is 0. The van der Waals surface area contributed by atoms with Gasteiger partial charge in [-0.3, -0.25) is 0 Å². The largest absolute Gasteiger partial charge is 0.382 e. The van der Waals surface area contributed by atoms with Gasteiger partial charge in [0.15, 0.2) is 0 Å². The van der Waals surface area contributed by atoms with E-state index in [2.05, 4.69) is 5.16 Å². The molecule has 172 valence electrons. The van der Waals surface area contributed by atoms with E-state index in [1.807, 2.05) is 49.3 Å². The number of aryl methyl sites for hydroxylation is 1. The molecule has 0 saturated heterocycles. The molecule has 8 nitrogen and oxygen atoms in total. The smallest absolute Gasteiger partial charge is 0.269 e. The van der Waals surface area contributed by atoms with Crippen molar-refractivity contribution in [2.45, 2.75) is 18.7 Å². The van der Waals surface area contributed by atoms with Crippen molar-refractivity contribution >= 4 is 21.6 Å². The fourth-order valence-electron chi connectivity index (χ4n) is 3.15. The molecule has 1 aromatic heterocycles. The number of sulfonamides is 1. The molecule has 0 aliphatic heterocycles. The second-order valence-electron chi connectivity index (χ2n) is 7.52. The van der Waals surface area contributed by atoms with E-state index in [9.17, 15) is 8.42 Å². The average molecular weight is 460 g/mol. The van der Waals surface area contributed by atoms with Crippen LogP contribution in [0.25, 0.3) is 11.1 Å². The van der Waals surface area contributed by atoms with E-state index >= 15 is 0 Å². The summed E-state index contributed by atoms with van der Waals surface area (Å²) in [6, 6.07) is 14.6. The van der Waals surface area contributed by atoms with Crippen LogP contribution in [-0.2, 0) is 19.5 Å². The zero-order valence-corrected chi connectivity index (χ0v) is 19.8. The van der Waals surface area contributed by atoms with Gasteiger partial charge < -0.3 is 18.9 Å². The van der Waals surface area contributed by atoms with E-state index in [1.165, 1.54) is 0 Å². The molecular weight excluding hydrogens is 430 g/mol. The number of nitrogens with zero attached hydrogens (tertiary/aromatic N) is 3. The summed E-state index contributed by atoms with van der Waals surface area (Å²) in [7, 11) is 1.43. The highest BCUT2D eigenvalue weighted by molar-refractivity contribution is 7.93. The Morgan fingerprint density at radius 3 is 2.28 bits per heavy atom. The molecule has 0 saturated carbocycles. The van der Waals surface area contributed by atoms with Crippen LogP contribution in [0.2, 0.25) is 0 Å². The molecule has 0 bridgehead atoms. The SMILES string of the molecule is COCCOCN(c1onc(C)c1C)S(=O)(=O)c1ccccc1-c1ccc(N(C)C)cc1. The molecular formula is C23H29N3O5S. The minimum absolute atomic E-state index is 0.137. The van der Waals surface area contributed by atoms with Crippen LogP contribution >= 0.6 is 0 Å². The third-order valence-corrected chi connectivity index (χ3v) is 6.91. The molecule has 0 unspecified atom stereocenters. The number of rotatable bonds is 10. The number of benzene rings is 2. The van der Waals surface area contributed by atoms with E-state index in [1.54, 1.807) is 39.2 Å². The minimum Gasteiger partial charge on any atom is -0.382 e.